The molecule has 0 fully saturated rings. The van der Waals surface area contributed by atoms with Crippen LogP contribution in [-0.4, -0.2) is 46.9 Å². The second-order valence-electron chi connectivity index (χ2n) is 18.0. The third-order valence-corrected chi connectivity index (χ3v) is 11.7. The van der Waals surface area contributed by atoms with Gasteiger partial charge in [-0.25, -0.2) is 0 Å². The van der Waals surface area contributed by atoms with E-state index in [1.165, 1.54) is 103 Å². The van der Waals surface area contributed by atoms with Gasteiger partial charge in [0, 0.05) is 6.42 Å². The van der Waals surface area contributed by atoms with E-state index < -0.39 is 18.2 Å². The van der Waals surface area contributed by atoms with Gasteiger partial charge >= 0.3 is 5.97 Å². The van der Waals surface area contributed by atoms with E-state index in [4.69, 9.17) is 4.74 Å². The standard InChI is InChI=1S/C59H101NO5/c1-4-7-10-13-16-19-22-24-26-28-29-30-32-34-37-40-43-46-49-52-59(64)65-55(50-47-44-41-38-36-33-31-27-25-23-20-17-14-11-8-5-2)53-58(63)60-56(54-61)57(62)51-48-45-42-39-35-21-18-15-12-9-6-3/h11,14,16-17,19-20,23-27,29-31,33,36,55-57,61-62H,4-10,12-13,15,18,21-22,28,32,34-35,37-54H2,1-3H3,(H,60,63)/b14-11+,19-16-,20-17+,25-23+,26-24-,30-29-,31-27+,36-33+. The average Bonchev–Trinajstić information content (AvgIpc) is 3.30. The quantitative estimate of drug-likeness (QED) is 0.0245. The molecule has 0 aliphatic heterocycles. The predicted molar refractivity (Wildman–Crippen MR) is 282 cm³/mol. The van der Waals surface area contributed by atoms with Crippen molar-refractivity contribution in [3.05, 3.63) is 97.2 Å². The zero-order valence-corrected chi connectivity index (χ0v) is 42.3. The lowest BCUT2D eigenvalue weighted by Gasteiger charge is -2.24. The molecule has 0 aromatic carbocycles. The molecule has 6 nitrogen and oxygen atoms in total. The Kier molecular flexibility index (Phi) is 49.2. The number of aliphatic hydroxyl groups excluding tert-OH is 2. The Morgan fingerprint density at radius 1 is 0.462 bits per heavy atom. The van der Waals surface area contributed by atoms with Crippen molar-refractivity contribution in [2.24, 2.45) is 0 Å². The van der Waals surface area contributed by atoms with Gasteiger partial charge in [0.1, 0.15) is 6.10 Å². The Morgan fingerprint density at radius 3 is 1.43 bits per heavy atom. The van der Waals surface area contributed by atoms with E-state index in [9.17, 15) is 19.8 Å². The van der Waals surface area contributed by atoms with E-state index in [0.29, 0.717) is 19.3 Å². The maximum absolute atomic E-state index is 13.2. The molecule has 0 bridgehead atoms. The number of amides is 1. The van der Waals surface area contributed by atoms with Crippen molar-refractivity contribution >= 4 is 11.9 Å². The lowest BCUT2D eigenvalue weighted by atomic mass is 10.0. The summed E-state index contributed by atoms with van der Waals surface area (Å²) in [6, 6.07) is -0.724. The molecule has 1 amide bonds. The van der Waals surface area contributed by atoms with Crippen molar-refractivity contribution < 1.29 is 24.5 Å². The highest BCUT2D eigenvalue weighted by atomic mass is 16.5. The smallest absolute Gasteiger partial charge is 0.306 e. The van der Waals surface area contributed by atoms with Crippen LogP contribution in [0.15, 0.2) is 97.2 Å². The van der Waals surface area contributed by atoms with E-state index in [1.807, 2.05) is 36.5 Å². The van der Waals surface area contributed by atoms with E-state index in [-0.39, 0.29) is 24.9 Å². The molecule has 0 saturated carbocycles. The first-order chi connectivity index (χ1) is 32.0. The predicted octanol–water partition coefficient (Wildman–Crippen LogP) is 16.5. The number of aliphatic hydroxyl groups is 2. The van der Waals surface area contributed by atoms with Gasteiger partial charge in [0.15, 0.2) is 0 Å². The number of hydrogen-bond acceptors (Lipinski definition) is 5. The number of allylic oxidation sites excluding steroid dienone is 16. The number of nitrogens with one attached hydrogen (secondary N) is 1. The second-order valence-corrected chi connectivity index (χ2v) is 18.0. The van der Waals surface area contributed by atoms with E-state index in [0.717, 1.165) is 89.9 Å². The third kappa shape index (κ3) is 47.1. The number of unbranched alkanes of at least 4 members (excludes halogenated alkanes) is 23. The number of ether oxygens (including phenoxy) is 1. The first-order valence-corrected chi connectivity index (χ1v) is 27.0. The number of carbonyl (C=O) groups is 2. The summed E-state index contributed by atoms with van der Waals surface area (Å²) in [5.41, 5.74) is 0. The summed E-state index contributed by atoms with van der Waals surface area (Å²) in [7, 11) is 0. The molecule has 3 unspecified atom stereocenters. The second kappa shape index (κ2) is 51.8. The van der Waals surface area contributed by atoms with Crippen LogP contribution < -0.4 is 5.32 Å². The Labute approximate surface area is 401 Å². The van der Waals surface area contributed by atoms with Crippen molar-refractivity contribution in [3.8, 4) is 0 Å². The van der Waals surface area contributed by atoms with Gasteiger partial charge in [0.2, 0.25) is 5.91 Å². The molecule has 0 heterocycles. The summed E-state index contributed by atoms with van der Waals surface area (Å²) in [5, 5.41) is 23.8. The summed E-state index contributed by atoms with van der Waals surface area (Å²) in [4.78, 5) is 26.2. The minimum atomic E-state index is -0.807. The van der Waals surface area contributed by atoms with Crippen molar-refractivity contribution in [1.82, 2.24) is 5.32 Å². The van der Waals surface area contributed by atoms with Crippen LogP contribution >= 0.6 is 0 Å². The third-order valence-electron chi connectivity index (χ3n) is 11.7. The number of rotatable bonds is 47. The van der Waals surface area contributed by atoms with E-state index in [2.05, 4.69) is 86.8 Å². The molecule has 65 heavy (non-hydrogen) atoms. The van der Waals surface area contributed by atoms with Gasteiger partial charge in [-0.15, -0.1) is 0 Å². The molecule has 0 rings (SSSR count). The van der Waals surface area contributed by atoms with Crippen LogP contribution in [0.1, 0.15) is 239 Å². The Morgan fingerprint density at radius 2 is 0.877 bits per heavy atom. The molecular formula is C59H101NO5. The van der Waals surface area contributed by atoms with Gasteiger partial charge in [0.25, 0.3) is 0 Å². The first kappa shape index (κ1) is 61.8. The fourth-order valence-electron chi connectivity index (χ4n) is 7.64. The van der Waals surface area contributed by atoms with E-state index in [1.54, 1.807) is 0 Å². The minimum absolute atomic E-state index is 0.0388. The summed E-state index contributed by atoms with van der Waals surface area (Å²) < 4.78 is 5.92. The highest BCUT2D eigenvalue weighted by molar-refractivity contribution is 5.77. The SMILES string of the molecule is CCC/C=C/C=C/C=C/C=C/C=C/CCCCCC(CC(=O)NC(CO)C(O)CCCCCCCCCCCCC)OC(=O)CCCCCCCC/C=C\C/C=C\C/C=C\CCCCC. The van der Waals surface area contributed by atoms with Crippen LogP contribution in [0.2, 0.25) is 0 Å². The zero-order chi connectivity index (χ0) is 47.4. The maximum Gasteiger partial charge on any atom is 0.306 e. The van der Waals surface area contributed by atoms with Crippen molar-refractivity contribution in [1.29, 1.82) is 0 Å². The summed E-state index contributed by atoms with van der Waals surface area (Å²) in [6.07, 6.45) is 68.9. The Hall–Kier alpha value is -3.22. The van der Waals surface area contributed by atoms with Gasteiger partial charge in [-0.1, -0.05) is 240 Å². The molecule has 0 aromatic heterocycles. The summed E-state index contributed by atoms with van der Waals surface area (Å²) in [5.74, 6) is -0.535. The van der Waals surface area contributed by atoms with Gasteiger partial charge in [-0.3, -0.25) is 9.59 Å². The van der Waals surface area contributed by atoms with Crippen LogP contribution in [0.3, 0.4) is 0 Å². The molecule has 0 saturated heterocycles. The molecule has 0 spiro atoms. The zero-order valence-electron chi connectivity index (χ0n) is 42.3. The lowest BCUT2D eigenvalue weighted by molar-refractivity contribution is -0.151. The first-order valence-electron chi connectivity index (χ1n) is 27.0. The molecule has 6 heteroatoms. The maximum atomic E-state index is 13.2. The fourth-order valence-corrected chi connectivity index (χ4v) is 7.64. The number of carbonyl (C=O) groups excluding carboxylic acids is 2. The highest BCUT2D eigenvalue weighted by Crippen LogP contribution is 2.17. The molecule has 3 atom stereocenters. The van der Waals surface area contributed by atoms with Gasteiger partial charge < -0.3 is 20.3 Å². The van der Waals surface area contributed by atoms with Crippen LogP contribution in [0.5, 0.6) is 0 Å². The summed E-state index contributed by atoms with van der Waals surface area (Å²) >= 11 is 0. The normalized spacial score (nSPS) is 14.0. The Balaban J connectivity index is 4.70. The lowest BCUT2D eigenvalue weighted by Crippen LogP contribution is -2.46. The fraction of sp³-hybridized carbons (Fsp3) is 0.695. The molecular weight excluding hydrogens is 803 g/mol. The minimum Gasteiger partial charge on any atom is -0.462 e. The summed E-state index contributed by atoms with van der Waals surface area (Å²) in [6.45, 7) is 6.34. The van der Waals surface area contributed by atoms with Crippen LogP contribution in [0.25, 0.3) is 0 Å². The molecule has 0 aromatic rings. The topological polar surface area (TPSA) is 95.9 Å². The highest BCUT2D eigenvalue weighted by Gasteiger charge is 2.24. The Bertz CT molecular complexity index is 1290. The largest absolute Gasteiger partial charge is 0.462 e. The number of esters is 1. The molecule has 372 valence electrons. The van der Waals surface area contributed by atoms with Crippen LogP contribution in [0.4, 0.5) is 0 Å². The van der Waals surface area contributed by atoms with Crippen LogP contribution in [0, 0.1) is 0 Å². The monoisotopic (exact) mass is 904 g/mol. The average molecular weight is 904 g/mol. The van der Waals surface area contributed by atoms with Crippen molar-refractivity contribution in [2.75, 3.05) is 6.61 Å². The van der Waals surface area contributed by atoms with Crippen molar-refractivity contribution in [2.45, 2.75) is 257 Å². The molecule has 0 radical (unpaired) electrons. The molecule has 0 aliphatic carbocycles. The van der Waals surface area contributed by atoms with Crippen LogP contribution in [-0.2, 0) is 14.3 Å². The van der Waals surface area contributed by atoms with Crippen molar-refractivity contribution in [3.63, 3.8) is 0 Å². The molecule has 3 N–H and O–H groups in total. The van der Waals surface area contributed by atoms with Gasteiger partial charge in [-0.2, -0.15) is 0 Å². The number of hydrogen-bond donors (Lipinski definition) is 3. The van der Waals surface area contributed by atoms with Gasteiger partial charge in [-0.05, 0) is 83.5 Å². The van der Waals surface area contributed by atoms with E-state index >= 15 is 0 Å². The van der Waals surface area contributed by atoms with Gasteiger partial charge in [0.05, 0.1) is 25.2 Å². The molecule has 0 aliphatic rings.